The summed E-state index contributed by atoms with van der Waals surface area (Å²) in [5.74, 6) is -6.04. The molecule has 1 heterocycles. The summed E-state index contributed by atoms with van der Waals surface area (Å²) in [7, 11) is 7.01. The number of fused-ring (bicyclic) bond motifs is 3. The second-order valence-electron chi connectivity index (χ2n) is 13.6. The number of nitrogens with two attached hydrogens (primary N) is 1. The number of primary amides is 1. The van der Waals surface area contributed by atoms with Gasteiger partial charge < -0.3 is 31.1 Å². The molecule has 1 amide bonds. The fourth-order valence-corrected chi connectivity index (χ4v) is 8.44. The molecule has 0 radical (unpaired) electrons. The molecular weight excluding hydrogens is 588 g/mol. The molecule has 1 fully saturated rings. The summed E-state index contributed by atoms with van der Waals surface area (Å²) in [5, 5.41) is 45.8. The van der Waals surface area contributed by atoms with Gasteiger partial charge in [-0.3, -0.25) is 24.2 Å². The molecule has 4 aliphatic rings. The number of likely N-dealkylation sites (N-methyl/N-ethyl adjacent to an activating group) is 1. The van der Waals surface area contributed by atoms with Crippen LogP contribution in [0.15, 0.2) is 59.1 Å². The predicted octanol–water partition coefficient (Wildman–Crippen LogP) is 2.57. The lowest BCUT2D eigenvalue weighted by Gasteiger charge is -2.50. The predicted molar refractivity (Wildman–Crippen MR) is 172 cm³/mol. The third-order valence-electron chi connectivity index (χ3n) is 10.5. The molecule has 244 valence electrons. The molecule has 3 aliphatic carbocycles. The zero-order valence-electron chi connectivity index (χ0n) is 26.7. The molecule has 11 nitrogen and oxygen atoms in total. The van der Waals surface area contributed by atoms with Crippen LogP contribution in [0.1, 0.15) is 52.2 Å². The minimum atomic E-state index is -2.66. The summed E-state index contributed by atoms with van der Waals surface area (Å²) in [6, 6.07) is 11.1. The molecule has 46 heavy (non-hydrogen) atoms. The van der Waals surface area contributed by atoms with Gasteiger partial charge in [-0.1, -0.05) is 30.3 Å². The topological polar surface area (TPSA) is 168 Å². The van der Waals surface area contributed by atoms with Gasteiger partial charge in [-0.2, -0.15) is 0 Å². The summed E-state index contributed by atoms with van der Waals surface area (Å²) in [6.07, 6.45) is 2.33. The fourth-order valence-electron chi connectivity index (χ4n) is 8.44. The molecule has 0 unspecified atom stereocenters. The number of carbonyl (C=O) groups is 3. The number of Topliss-reactive ketones (excluding diaryl/α,β-unsaturated/α-hetero) is 2. The molecule has 0 aromatic heterocycles. The number of carbonyl (C=O) groups excluding carboxylic acids is 3. The zero-order chi connectivity index (χ0) is 33.2. The number of rotatable bonds is 6. The van der Waals surface area contributed by atoms with Gasteiger partial charge in [0.25, 0.3) is 5.91 Å². The Morgan fingerprint density at radius 3 is 2.26 bits per heavy atom. The maximum atomic E-state index is 14.2. The van der Waals surface area contributed by atoms with Crippen molar-refractivity contribution in [3.8, 4) is 5.75 Å². The summed E-state index contributed by atoms with van der Waals surface area (Å²) in [5.41, 5.74) is 5.49. The fraction of sp³-hybridized carbons (Fsp3) is 0.457. The van der Waals surface area contributed by atoms with Crippen molar-refractivity contribution in [1.82, 2.24) is 9.80 Å². The lowest BCUT2D eigenvalue weighted by atomic mass is 9.58. The first kappa shape index (κ1) is 31.8. The molecule has 1 saturated heterocycles. The van der Waals surface area contributed by atoms with Gasteiger partial charge in [0.2, 0.25) is 5.78 Å². The van der Waals surface area contributed by atoms with E-state index in [1.54, 1.807) is 25.1 Å². The van der Waals surface area contributed by atoms with Crippen LogP contribution in [0.4, 0.5) is 5.69 Å². The number of aliphatic hydroxyl groups excluding tert-OH is 2. The number of benzene rings is 2. The van der Waals surface area contributed by atoms with Gasteiger partial charge in [-0.25, -0.2) is 0 Å². The van der Waals surface area contributed by atoms with Gasteiger partial charge in [0.1, 0.15) is 22.8 Å². The highest BCUT2D eigenvalue weighted by molar-refractivity contribution is 6.24. The molecule has 6 N–H and O–H groups in total. The van der Waals surface area contributed by atoms with Gasteiger partial charge >= 0.3 is 0 Å². The molecule has 1 aliphatic heterocycles. The first-order valence-corrected chi connectivity index (χ1v) is 15.7. The summed E-state index contributed by atoms with van der Waals surface area (Å²) < 4.78 is 0. The van der Waals surface area contributed by atoms with Crippen LogP contribution >= 0.6 is 0 Å². The maximum Gasteiger partial charge on any atom is 0.255 e. The number of aromatic hydroxyl groups is 1. The number of phenols is 1. The van der Waals surface area contributed by atoms with Crippen LogP contribution in [0.5, 0.6) is 5.75 Å². The molecule has 2 aromatic carbocycles. The lowest BCUT2D eigenvalue weighted by molar-refractivity contribution is -0.148. The van der Waals surface area contributed by atoms with Crippen molar-refractivity contribution in [3.05, 3.63) is 81.3 Å². The van der Waals surface area contributed by atoms with Crippen LogP contribution in [0.3, 0.4) is 0 Å². The van der Waals surface area contributed by atoms with Crippen molar-refractivity contribution >= 4 is 23.2 Å². The molecule has 2 aromatic rings. The van der Waals surface area contributed by atoms with Gasteiger partial charge in [-0.15, -0.1) is 0 Å². The number of allylic oxidation sites excluding steroid dienone is 1. The number of amides is 1. The van der Waals surface area contributed by atoms with Crippen molar-refractivity contribution in [2.45, 2.75) is 49.8 Å². The SMILES string of the molecule is CN(C)c1c(CN2CCC(c3ccccc3)CC2)cc(O)c2c1C[C@H]1C[C@H]3[C@H](N(C)C)C(O)=C(C(N)=O)C(=O)[C@@]3(O)C(O)=C1C2=O. The van der Waals surface area contributed by atoms with Gasteiger partial charge in [0.05, 0.1) is 11.6 Å². The zero-order valence-corrected chi connectivity index (χ0v) is 26.7. The van der Waals surface area contributed by atoms with E-state index >= 15 is 0 Å². The molecule has 6 rings (SSSR count). The van der Waals surface area contributed by atoms with Crippen LogP contribution in [0.2, 0.25) is 0 Å². The van der Waals surface area contributed by atoms with E-state index in [0.29, 0.717) is 18.0 Å². The minimum Gasteiger partial charge on any atom is -0.510 e. The number of piperidine rings is 1. The van der Waals surface area contributed by atoms with E-state index in [1.807, 2.05) is 25.1 Å². The van der Waals surface area contributed by atoms with E-state index in [9.17, 15) is 34.8 Å². The van der Waals surface area contributed by atoms with Crippen LogP contribution < -0.4 is 10.6 Å². The first-order valence-electron chi connectivity index (χ1n) is 15.7. The van der Waals surface area contributed by atoms with E-state index in [0.717, 1.165) is 37.2 Å². The number of anilines is 1. The highest BCUT2D eigenvalue weighted by Crippen LogP contribution is 2.53. The van der Waals surface area contributed by atoms with Gasteiger partial charge in [0, 0.05) is 37.8 Å². The Morgan fingerprint density at radius 1 is 1.02 bits per heavy atom. The quantitative estimate of drug-likeness (QED) is 0.299. The molecule has 0 spiro atoms. The monoisotopic (exact) mass is 630 g/mol. The standard InChI is InChI=1S/C35H42N4O7/c1-37(2)28-21(17-39-12-10-19(11-13-39)18-8-6-5-7-9-18)16-24(40)26-22(28)14-20-15-23-29(38(3)4)31(42)27(34(36)45)33(44)35(23,46)32(43)25(20)30(26)41/h5-9,16,19-20,23,29,40,42-43,46H,10-15,17H2,1-4H3,(H2,36,45)/t20-,23-,29-,35-/m0/s1. The third-order valence-corrected chi connectivity index (χ3v) is 10.5. The molecule has 11 heteroatoms. The van der Waals surface area contributed by atoms with Crippen molar-refractivity contribution < 1.29 is 34.8 Å². The van der Waals surface area contributed by atoms with Crippen molar-refractivity contribution in [1.29, 1.82) is 0 Å². The van der Waals surface area contributed by atoms with E-state index in [-0.39, 0.29) is 29.7 Å². The highest BCUT2D eigenvalue weighted by Gasteiger charge is 2.63. The maximum absolute atomic E-state index is 14.2. The van der Waals surface area contributed by atoms with Crippen molar-refractivity contribution in [2.24, 2.45) is 17.6 Å². The number of ketones is 2. The van der Waals surface area contributed by atoms with Crippen LogP contribution in [-0.2, 0) is 22.6 Å². The Labute approximate surface area is 268 Å². The third kappa shape index (κ3) is 4.80. The average Bonchev–Trinajstić information content (AvgIpc) is 2.99. The molecule has 0 bridgehead atoms. The lowest BCUT2D eigenvalue weighted by Crippen LogP contribution is -2.63. The van der Waals surface area contributed by atoms with E-state index in [2.05, 4.69) is 29.2 Å². The first-order chi connectivity index (χ1) is 21.8. The summed E-state index contributed by atoms with van der Waals surface area (Å²) >= 11 is 0. The van der Waals surface area contributed by atoms with Crippen molar-refractivity contribution in [2.75, 3.05) is 46.2 Å². The van der Waals surface area contributed by atoms with Crippen molar-refractivity contribution in [3.63, 3.8) is 0 Å². The van der Waals surface area contributed by atoms with E-state index in [1.165, 1.54) is 5.56 Å². The summed E-state index contributed by atoms with van der Waals surface area (Å²) in [4.78, 5) is 45.8. The van der Waals surface area contributed by atoms with Gasteiger partial charge in [-0.05, 0) is 87.5 Å². The Balaban J connectivity index is 1.38. The number of nitrogens with zero attached hydrogens (tertiary/aromatic N) is 3. The second kappa shape index (κ2) is 11.6. The van der Waals surface area contributed by atoms with Crippen LogP contribution in [0, 0.1) is 11.8 Å². The van der Waals surface area contributed by atoms with Crippen LogP contribution in [0.25, 0.3) is 0 Å². The molecule has 4 atom stereocenters. The smallest absolute Gasteiger partial charge is 0.255 e. The Kier molecular flexibility index (Phi) is 7.98. The normalized spacial score (nSPS) is 27.0. The Hall–Kier alpha value is -4.19. The van der Waals surface area contributed by atoms with E-state index in [4.69, 9.17) is 5.73 Å². The Morgan fingerprint density at radius 2 is 1.67 bits per heavy atom. The second-order valence-corrected chi connectivity index (χ2v) is 13.6. The number of likely N-dealkylation sites (tertiary alicyclic amines) is 1. The number of hydrogen-bond acceptors (Lipinski definition) is 10. The minimum absolute atomic E-state index is 0.0241. The number of aliphatic hydroxyl groups is 3. The average molecular weight is 631 g/mol. The number of phenolic OH excluding ortho intramolecular Hbond substituents is 1. The van der Waals surface area contributed by atoms with Crippen LogP contribution in [-0.4, -0.2) is 101 Å². The summed E-state index contributed by atoms with van der Waals surface area (Å²) in [6.45, 7) is 2.35. The highest BCUT2D eigenvalue weighted by atomic mass is 16.3. The largest absolute Gasteiger partial charge is 0.510 e. The Bertz CT molecular complexity index is 1670. The number of hydrogen-bond donors (Lipinski definition) is 5. The molecule has 0 saturated carbocycles. The van der Waals surface area contributed by atoms with Gasteiger partial charge in [0.15, 0.2) is 11.4 Å². The van der Waals surface area contributed by atoms with E-state index < -0.39 is 58.0 Å². The molecular formula is C35H42N4O7.